The molecule has 6 N–H and O–H groups in total. The number of rotatable bonds is 6. The Bertz CT molecular complexity index is 646. The summed E-state index contributed by atoms with van der Waals surface area (Å²) in [5, 5.41) is 0. The third kappa shape index (κ3) is 13.7. The first-order chi connectivity index (χ1) is 14.4. The summed E-state index contributed by atoms with van der Waals surface area (Å²) in [5.74, 6) is 0. The van der Waals surface area contributed by atoms with Crippen LogP contribution in [0.3, 0.4) is 0 Å². The van der Waals surface area contributed by atoms with Crippen molar-refractivity contribution < 1.29 is 0 Å². The van der Waals surface area contributed by atoms with Crippen molar-refractivity contribution in [1.82, 2.24) is 0 Å². The molecule has 3 aromatic carbocycles. The van der Waals surface area contributed by atoms with E-state index in [0.29, 0.717) is 0 Å². The van der Waals surface area contributed by atoms with Crippen molar-refractivity contribution in [3.05, 3.63) is 108 Å². The SMILES string of the molecule is CC(N)Cc1ccccc1.C[C@H](N)Cc1ccccc1.C[C@H](N)Cc1ccccc1. The first kappa shape index (κ1) is 25.6. The van der Waals surface area contributed by atoms with Crippen LogP contribution in [0.5, 0.6) is 0 Å². The fourth-order valence-corrected chi connectivity index (χ4v) is 2.96. The minimum atomic E-state index is 0.266. The van der Waals surface area contributed by atoms with Crippen molar-refractivity contribution in [2.45, 2.75) is 58.2 Å². The Kier molecular flexibility index (Phi) is 13.1. The van der Waals surface area contributed by atoms with Gasteiger partial charge in [0.25, 0.3) is 0 Å². The summed E-state index contributed by atoms with van der Waals surface area (Å²) in [6, 6.07) is 31.7. The molecule has 3 aromatic rings. The summed E-state index contributed by atoms with van der Waals surface area (Å²) in [6.07, 6.45) is 2.92. The number of nitrogens with two attached hydrogens (primary N) is 3. The van der Waals surface area contributed by atoms with Gasteiger partial charge < -0.3 is 17.2 Å². The minimum absolute atomic E-state index is 0.266. The Morgan fingerprint density at radius 2 is 0.633 bits per heavy atom. The van der Waals surface area contributed by atoms with E-state index in [1.54, 1.807) is 0 Å². The average molecular weight is 406 g/mol. The van der Waals surface area contributed by atoms with Gasteiger partial charge in [0.1, 0.15) is 0 Å². The molecule has 30 heavy (non-hydrogen) atoms. The minimum Gasteiger partial charge on any atom is -0.328 e. The molecule has 0 bridgehead atoms. The Balaban J connectivity index is 0.000000225. The first-order valence-corrected chi connectivity index (χ1v) is 10.7. The monoisotopic (exact) mass is 405 g/mol. The van der Waals surface area contributed by atoms with Crippen LogP contribution in [0.15, 0.2) is 91.0 Å². The zero-order chi connectivity index (χ0) is 22.2. The highest BCUT2D eigenvalue weighted by atomic mass is 14.6. The summed E-state index contributed by atoms with van der Waals surface area (Å²) in [5.41, 5.74) is 20.8. The smallest absolute Gasteiger partial charge is 0.00509 e. The van der Waals surface area contributed by atoms with E-state index in [-0.39, 0.29) is 18.1 Å². The zero-order valence-electron chi connectivity index (χ0n) is 18.7. The molecule has 0 heterocycles. The Morgan fingerprint density at radius 3 is 0.800 bits per heavy atom. The molecule has 0 aromatic heterocycles. The van der Waals surface area contributed by atoms with Crippen molar-refractivity contribution in [2.24, 2.45) is 17.2 Å². The molecule has 1 unspecified atom stereocenters. The van der Waals surface area contributed by atoms with Crippen molar-refractivity contribution >= 4 is 0 Å². The molecule has 162 valence electrons. The summed E-state index contributed by atoms with van der Waals surface area (Å²) < 4.78 is 0. The fraction of sp³-hybridized carbons (Fsp3) is 0.333. The van der Waals surface area contributed by atoms with Gasteiger partial charge in [-0.3, -0.25) is 0 Å². The maximum atomic E-state index is 5.62. The normalized spacial score (nSPS) is 13.0. The fourth-order valence-electron chi connectivity index (χ4n) is 2.96. The third-order valence-electron chi connectivity index (χ3n) is 4.20. The lowest BCUT2D eigenvalue weighted by Crippen LogP contribution is -2.17. The largest absolute Gasteiger partial charge is 0.328 e. The van der Waals surface area contributed by atoms with E-state index in [9.17, 15) is 0 Å². The Hall–Kier alpha value is -2.46. The zero-order valence-corrected chi connectivity index (χ0v) is 18.7. The highest BCUT2D eigenvalue weighted by Crippen LogP contribution is 2.02. The van der Waals surface area contributed by atoms with Crippen molar-refractivity contribution in [3.8, 4) is 0 Å². The highest BCUT2D eigenvalue weighted by molar-refractivity contribution is 5.16. The lowest BCUT2D eigenvalue weighted by molar-refractivity contribution is 0.738. The topological polar surface area (TPSA) is 78.1 Å². The summed E-state index contributed by atoms with van der Waals surface area (Å²) in [7, 11) is 0. The maximum Gasteiger partial charge on any atom is 0.00509 e. The van der Waals surface area contributed by atoms with E-state index in [1.807, 2.05) is 75.4 Å². The molecule has 3 nitrogen and oxygen atoms in total. The van der Waals surface area contributed by atoms with Crippen LogP contribution in [0.25, 0.3) is 0 Å². The second-order valence-electron chi connectivity index (χ2n) is 8.00. The number of benzene rings is 3. The van der Waals surface area contributed by atoms with Gasteiger partial charge in [0.2, 0.25) is 0 Å². The van der Waals surface area contributed by atoms with E-state index in [1.165, 1.54) is 16.7 Å². The molecule has 3 rings (SSSR count). The van der Waals surface area contributed by atoms with Crippen LogP contribution in [0.1, 0.15) is 37.5 Å². The Morgan fingerprint density at radius 1 is 0.433 bits per heavy atom. The van der Waals surface area contributed by atoms with Crippen LogP contribution in [0, 0.1) is 0 Å². The Labute approximate surface area is 183 Å². The summed E-state index contributed by atoms with van der Waals surface area (Å²) in [6.45, 7) is 6.06. The van der Waals surface area contributed by atoms with Crippen LogP contribution in [-0.4, -0.2) is 18.1 Å². The summed E-state index contributed by atoms with van der Waals surface area (Å²) in [4.78, 5) is 0. The van der Waals surface area contributed by atoms with Crippen LogP contribution >= 0.6 is 0 Å². The second kappa shape index (κ2) is 15.4. The van der Waals surface area contributed by atoms with Gasteiger partial charge in [-0.2, -0.15) is 0 Å². The van der Waals surface area contributed by atoms with Gasteiger partial charge in [-0.15, -0.1) is 0 Å². The maximum absolute atomic E-state index is 5.62. The molecule has 0 amide bonds. The molecule has 0 aliphatic carbocycles. The van der Waals surface area contributed by atoms with Crippen molar-refractivity contribution in [1.29, 1.82) is 0 Å². The predicted octanol–water partition coefficient (Wildman–Crippen LogP) is 4.73. The molecular weight excluding hydrogens is 366 g/mol. The second-order valence-corrected chi connectivity index (χ2v) is 8.00. The molecule has 0 aliphatic heterocycles. The molecule has 0 saturated heterocycles. The van der Waals surface area contributed by atoms with Crippen LogP contribution in [-0.2, 0) is 19.3 Å². The van der Waals surface area contributed by atoms with Gasteiger partial charge in [-0.1, -0.05) is 91.0 Å². The number of hydrogen-bond donors (Lipinski definition) is 3. The molecule has 3 atom stereocenters. The molecule has 0 aliphatic rings. The third-order valence-corrected chi connectivity index (χ3v) is 4.20. The standard InChI is InChI=1S/3C9H13N/c3*1-8(10)7-9-5-3-2-4-6-9/h3*2-6,8H,7,10H2,1H3/t2*8-;/m00./s1. The van der Waals surface area contributed by atoms with E-state index in [4.69, 9.17) is 17.2 Å². The molecule has 0 saturated carbocycles. The van der Waals surface area contributed by atoms with Gasteiger partial charge in [0.15, 0.2) is 0 Å². The van der Waals surface area contributed by atoms with E-state index < -0.39 is 0 Å². The van der Waals surface area contributed by atoms with Gasteiger partial charge in [0, 0.05) is 18.1 Å². The molecule has 0 spiro atoms. The van der Waals surface area contributed by atoms with Gasteiger partial charge in [0.05, 0.1) is 0 Å². The lowest BCUT2D eigenvalue weighted by atomic mass is 10.1. The van der Waals surface area contributed by atoms with Gasteiger partial charge in [-0.25, -0.2) is 0 Å². The number of hydrogen-bond acceptors (Lipinski definition) is 3. The van der Waals surface area contributed by atoms with E-state index in [2.05, 4.69) is 36.4 Å². The molecule has 0 fully saturated rings. The van der Waals surface area contributed by atoms with Crippen LogP contribution < -0.4 is 17.2 Å². The molecule has 3 heteroatoms. The first-order valence-electron chi connectivity index (χ1n) is 10.7. The van der Waals surface area contributed by atoms with E-state index in [0.717, 1.165) is 19.3 Å². The van der Waals surface area contributed by atoms with Crippen LogP contribution in [0.2, 0.25) is 0 Å². The quantitative estimate of drug-likeness (QED) is 0.555. The van der Waals surface area contributed by atoms with Gasteiger partial charge in [-0.05, 0) is 56.7 Å². The predicted molar refractivity (Wildman–Crippen MR) is 131 cm³/mol. The average Bonchev–Trinajstić information content (AvgIpc) is 2.70. The van der Waals surface area contributed by atoms with E-state index >= 15 is 0 Å². The van der Waals surface area contributed by atoms with Crippen molar-refractivity contribution in [2.75, 3.05) is 0 Å². The van der Waals surface area contributed by atoms with Gasteiger partial charge >= 0.3 is 0 Å². The lowest BCUT2D eigenvalue weighted by Gasteiger charge is -2.02. The van der Waals surface area contributed by atoms with Crippen molar-refractivity contribution in [3.63, 3.8) is 0 Å². The highest BCUT2D eigenvalue weighted by Gasteiger charge is 1.95. The molecular formula is C27H39N3. The van der Waals surface area contributed by atoms with Crippen LogP contribution in [0.4, 0.5) is 0 Å². The summed E-state index contributed by atoms with van der Waals surface area (Å²) >= 11 is 0. The molecule has 0 radical (unpaired) electrons.